The van der Waals surface area contributed by atoms with Crippen molar-refractivity contribution in [3.05, 3.63) is 65.6 Å². The van der Waals surface area contributed by atoms with Crippen molar-refractivity contribution in [2.75, 3.05) is 0 Å². The zero-order chi connectivity index (χ0) is 23.5. The molecule has 2 rings (SSSR count). The first-order valence-corrected chi connectivity index (χ1v) is 6.71. The maximum absolute atomic E-state index is 12.6. The Kier molecular flexibility index (Phi) is 10.1. The standard InChI is InChI=1S/2C6BF5O3.C/c2*8-1-2(9)4(11)6(15-7(13)14)5(12)3(1)10;/q2*-2;+4. The van der Waals surface area contributed by atoms with Crippen molar-refractivity contribution in [3.63, 3.8) is 0 Å². The first kappa shape index (κ1) is 28.3. The molecular formula is C13B2F10O6. The third-order valence-electron chi connectivity index (χ3n) is 2.77. The number of rotatable bonds is 4. The molecule has 0 aliphatic heterocycles. The van der Waals surface area contributed by atoms with Crippen molar-refractivity contribution in [2.45, 2.75) is 0 Å². The zero-order valence-corrected chi connectivity index (χ0v) is 13.9. The summed E-state index contributed by atoms with van der Waals surface area (Å²) in [5.74, 6) is -27.1. The van der Waals surface area contributed by atoms with Crippen LogP contribution in [0.25, 0.3) is 0 Å². The van der Waals surface area contributed by atoms with E-state index in [0.717, 1.165) is 0 Å². The van der Waals surface area contributed by atoms with E-state index in [1.807, 2.05) is 0 Å². The minimum atomic E-state index is -3.20. The molecule has 0 bridgehead atoms. The van der Waals surface area contributed by atoms with Crippen LogP contribution in [0.5, 0.6) is 11.5 Å². The number of hydrogen-bond donors (Lipinski definition) is 0. The molecule has 0 atom stereocenters. The molecule has 6 nitrogen and oxygen atoms in total. The van der Waals surface area contributed by atoms with E-state index in [4.69, 9.17) is 0 Å². The molecule has 0 saturated carbocycles. The second-order valence-corrected chi connectivity index (χ2v) is 4.61. The number of hydrogen-bond acceptors (Lipinski definition) is 6. The van der Waals surface area contributed by atoms with Crippen LogP contribution in [-0.4, -0.2) is 14.6 Å². The van der Waals surface area contributed by atoms with Crippen molar-refractivity contribution in [3.8, 4) is 11.5 Å². The van der Waals surface area contributed by atoms with Crippen LogP contribution in [0.2, 0.25) is 0 Å². The van der Waals surface area contributed by atoms with Crippen molar-refractivity contribution < 1.29 is 73.3 Å². The van der Waals surface area contributed by atoms with Gasteiger partial charge in [-0.15, -0.1) is 0 Å². The molecule has 0 aliphatic rings. The Morgan fingerprint density at radius 3 is 0.710 bits per heavy atom. The third kappa shape index (κ3) is 6.16. The average molecular weight is 464 g/mol. The molecule has 164 valence electrons. The summed E-state index contributed by atoms with van der Waals surface area (Å²) in [6.45, 7) is 0. The SMILES string of the molecule is [C+4].[O-]B([O-])Oc1c(F)c(F)c(F)c(F)c1F.[O-]B([O-])Oc1c(F)c(F)c(F)c(F)c1F. The van der Waals surface area contributed by atoms with Crippen molar-refractivity contribution >= 4 is 14.6 Å². The van der Waals surface area contributed by atoms with E-state index >= 15 is 0 Å². The quantitative estimate of drug-likeness (QED) is 0.249. The van der Waals surface area contributed by atoms with Gasteiger partial charge in [-0.25, -0.2) is 26.3 Å². The minimum Gasteiger partial charge on any atom is -0.860 e. The Bertz CT molecular complexity index is 812. The third-order valence-corrected chi connectivity index (χ3v) is 2.77. The molecule has 0 fully saturated rings. The molecule has 31 heavy (non-hydrogen) atoms. The monoisotopic (exact) mass is 464 g/mol. The number of halogens is 10. The smallest absolute Gasteiger partial charge is 0.860 e. The predicted molar refractivity (Wildman–Crippen MR) is 68.5 cm³/mol. The predicted octanol–water partition coefficient (Wildman–Crippen LogP) is -0.986. The summed E-state index contributed by atoms with van der Waals surface area (Å²) in [7, 11) is -6.39. The largest absolute Gasteiger partial charge is 4.00 e. The van der Waals surface area contributed by atoms with Crippen LogP contribution in [0.1, 0.15) is 0 Å². The van der Waals surface area contributed by atoms with Gasteiger partial charge in [0.05, 0.1) is 0 Å². The van der Waals surface area contributed by atoms with Crippen LogP contribution >= 0.6 is 0 Å². The van der Waals surface area contributed by atoms with E-state index in [1.54, 1.807) is 0 Å². The molecule has 2 aromatic carbocycles. The molecule has 2 aromatic rings. The molecule has 0 radical (unpaired) electrons. The van der Waals surface area contributed by atoms with Crippen molar-refractivity contribution in [1.29, 1.82) is 0 Å². The van der Waals surface area contributed by atoms with Gasteiger partial charge in [-0.3, -0.25) is 0 Å². The molecule has 0 N–H and O–H groups in total. The van der Waals surface area contributed by atoms with Crippen molar-refractivity contribution in [1.82, 2.24) is 0 Å². The minimum absolute atomic E-state index is 0. The Labute approximate surface area is 166 Å². The maximum atomic E-state index is 12.6. The maximum Gasteiger partial charge on any atom is 4.00 e. The van der Waals surface area contributed by atoms with Gasteiger partial charge in [0.1, 0.15) is 14.6 Å². The van der Waals surface area contributed by atoms with Crippen LogP contribution < -0.4 is 29.4 Å². The first-order chi connectivity index (χ1) is 13.7. The van der Waals surface area contributed by atoms with E-state index < -0.39 is 84.3 Å². The summed E-state index contributed by atoms with van der Waals surface area (Å²) in [5.41, 5.74) is 0. The summed E-state index contributed by atoms with van der Waals surface area (Å²) in [6.07, 6.45) is 0. The molecule has 18 heteroatoms. The van der Waals surface area contributed by atoms with E-state index in [9.17, 15) is 64.0 Å². The van der Waals surface area contributed by atoms with Crippen LogP contribution in [0.3, 0.4) is 0 Å². The molecule has 0 amide bonds. The fourth-order valence-corrected chi connectivity index (χ4v) is 1.57. The van der Waals surface area contributed by atoms with Gasteiger partial charge in [0.25, 0.3) is 0 Å². The summed E-state index contributed by atoms with van der Waals surface area (Å²) >= 11 is 0. The van der Waals surface area contributed by atoms with Crippen LogP contribution in [-0.2, 0) is 0 Å². The first-order valence-electron chi connectivity index (χ1n) is 6.71. The summed E-state index contributed by atoms with van der Waals surface area (Å²) in [6, 6.07) is 0. The zero-order valence-electron chi connectivity index (χ0n) is 13.9. The fraction of sp³-hybridized carbons (Fsp3) is 0. The Hall–Kier alpha value is -2.69. The second kappa shape index (κ2) is 11.1. The van der Waals surface area contributed by atoms with E-state index in [1.165, 1.54) is 0 Å². The molecule has 0 heterocycles. The molecule has 0 aromatic heterocycles. The van der Waals surface area contributed by atoms with Gasteiger partial charge >= 0.3 is 7.43 Å². The Morgan fingerprint density at radius 2 is 0.548 bits per heavy atom. The Morgan fingerprint density at radius 1 is 0.387 bits per heavy atom. The van der Waals surface area contributed by atoms with E-state index in [2.05, 4.69) is 9.31 Å². The second-order valence-electron chi connectivity index (χ2n) is 4.61. The van der Waals surface area contributed by atoms with Crippen LogP contribution in [0, 0.1) is 65.6 Å². The van der Waals surface area contributed by atoms with E-state index in [-0.39, 0.29) is 7.43 Å². The van der Waals surface area contributed by atoms with E-state index in [0.29, 0.717) is 0 Å². The van der Waals surface area contributed by atoms with Crippen molar-refractivity contribution in [2.24, 2.45) is 0 Å². The fourth-order valence-electron chi connectivity index (χ4n) is 1.57. The number of benzene rings is 2. The Balaban J connectivity index is 0.000000562. The van der Waals surface area contributed by atoms with Gasteiger partial charge in [-0.05, 0) is 0 Å². The van der Waals surface area contributed by atoms with Gasteiger partial charge in [0, 0.05) is 0 Å². The van der Waals surface area contributed by atoms with Crippen LogP contribution in [0.15, 0.2) is 0 Å². The molecule has 0 spiro atoms. The average Bonchev–Trinajstić information content (AvgIpc) is 2.68. The summed E-state index contributed by atoms with van der Waals surface area (Å²) in [4.78, 5) is 0. The van der Waals surface area contributed by atoms with Gasteiger partial charge < -0.3 is 29.4 Å². The summed E-state index contributed by atoms with van der Waals surface area (Å²) in [5, 5.41) is 39.4. The molecule has 0 saturated heterocycles. The van der Waals surface area contributed by atoms with Crippen LogP contribution in [0.4, 0.5) is 43.9 Å². The van der Waals surface area contributed by atoms with Gasteiger partial charge in [-0.1, -0.05) is 0 Å². The normalized spacial score (nSPS) is 10.0. The van der Waals surface area contributed by atoms with Gasteiger partial charge in [-0.2, -0.15) is 17.6 Å². The summed E-state index contributed by atoms with van der Waals surface area (Å²) < 4.78 is 132. The molecular weight excluding hydrogens is 464 g/mol. The van der Waals surface area contributed by atoms with Gasteiger partial charge in [0.15, 0.2) is 11.5 Å². The van der Waals surface area contributed by atoms with Gasteiger partial charge in [0.2, 0.25) is 58.2 Å². The molecule has 0 unspecified atom stereocenters. The topological polar surface area (TPSA) is 111 Å². The molecule has 0 aliphatic carbocycles.